The van der Waals surface area contributed by atoms with Crippen molar-refractivity contribution < 1.29 is 14.3 Å². The van der Waals surface area contributed by atoms with Gasteiger partial charge in [0, 0.05) is 36.9 Å². The lowest BCUT2D eigenvalue weighted by molar-refractivity contribution is 0.0695. The number of aromatic nitrogens is 2. The SMILES string of the molecule is Cc1c(F)c(N2CC[C@H](N)C2)nc2c1c(=O)c(C(=O)O)cn2C1CC1.Cl. The van der Waals surface area contributed by atoms with Crippen LogP contribution >= 0.6 is 12.4 Å². The van der Waals surface area contributed by atoms with E-state index in [2.05, 4.69) is 4.98 Å². The third-order valence-electron chi connectivity index (χ3n) is 5.02. The molecule has 1 aliphatic carbocycles. The van der Waals surface area contributed by atoms with Gasteiger partial charge < -0.3 is 20.3 Å². The van der Waals surface area contributed by atoms with Crippen molar-refractivity contribution in [3.8, 4) is 0 Å². The number of hydrogen-bond donors (Lipinski definition) is 2. The number of carboxylic acid groups (broad SMARTS) is 1. The molecular weight excluding hydrogens is 363 g/mol. The highest BCUT2D eigenvalue weighted by Crippen LogP contribution is 2.38. The molecule has 2 aromatic heterocycles. The Morgan fingerprint density at radius 2 is 2.08 bits per heavy atom. The van der Waals surface area contributed by atoms with Crippen LogP contribution in [0.4, 0.5) is 10.2 Å². The lowest BCUT2D eigenvalue weighted by atomic mass is 10.1. The van der Waals surface area contributed by atoms with Gasteiger partial charge in [-0.2, -0.15) is 0 Å². The summed E-state index contributed by atoms with van der Waals surface area (Å²) in [5, 5.41) is 9.37. The summed E-state index contributed by atoms with van der Waals surface area (Å²) in [7, 11) is 0. The number of pyridine rings is 2. The molecule has 0 bridgehead atoms. The lowest BCUT2D eigenvalue weighted by Crippen LogP contribution is -2.28. The van der Waals surface area contributed by atoms with Gasteiger partial charge in [0.15, 0.2) is 11.6 Å². The summed E-state index contributed by atoms with van der Waals surface area (Å²) in [4.78, 5) is 30.2. The standard InChI is InChI=1S/C17H19FN4O3.ClH/c1-8-12-14(23)11(17(24)25)7-22(10-2-3-10)15(12)20-16(13(8)18)21-5-4-9(19)6-21;/h7,9-10H,2-6,19H2,1H3,(H,24,25);1H/t9-;/m0./s1. The average Bonchev–Trinajstić information content (AvgIpc) is 3.31. The molecule has 1 aliphatic heterocycles. The van der Waals surface area contributed by atoms with E-state index in [-0.39, 0.29) is 46.8 Å². The Hall–Kier alpha value is -2.19. The minimum absolute atomic E-state index is 0. The number of aromatic carboxylic acids is 1. The van der Waals surface area contributed by atoms with E-state index in [1.807, 2.05) is 0 Å². The molecule has 2 fully saturated rings. The zero-order chi connectivity index (χ0) is 17.9. The van der Waals surface area contributed by atoms with Gasteiger partial charge in [-0.3, -0.25) is 4.79 Å². The Morgan fingerprint density at radius 1 is 1.38 bits per heavy atom. The minimum atomic E-state index is -1.31. The fourth-order valence-electron chi connectivity index (χ4n) is 3.48. The third-order valence-corrected chi connectivity index (χ3v) is 5.02. The average molecular weight is 383 g/mol. The first-order valence-electron chi connectivity index (χ1n) is 8.37. The van der Waals surface area contributed by atoms with Crippen LogP contribution in [0.3, 0.4) is 0 Å². The molecular formula is C17H20ClFN4O3. The monoisotopic (exact) mass is 382 g/mol. The highest BCUT2D eigenvalue weighted by atomic mass is 35.5. The molecule has 140 valence electrons. The summed E-state index contributed by atoms with van der Waals surface area (Å²) >= 11 is 0. The molecule has 4 rings (SSSR count). The van der Waals surface area contributed by atoms with Crippen LogP contribution < -0.4 is 16.1 Å². The Bertz CT molecular complexity index is 957. The second-order valence-electron chi connectivity index (χ2n) is 6.88. The molecule has 9 heteroatoms. The van der Waals surface area contributed by atoms with Crippen LogP contribution in [-0.2, 0) is 0 Å². The van der Waals surface area contributed by atoms with Crippen molar-refractivity contribution in [1.29, 1.82) is 0 Å². The number of nitrogens with two attached hydrogens (primary N) is 1. The van der Waals surface area contributed by atoms with Gasteiger partial charge in [0.05, 0.1) is 5.39 Å². The smallest absolute Gasteiger partial charge is 0.341 e. The first-order chi connectivity index (χ1) is 11.9. The number of hydrogen-bond acceptors (Lipinski definition) is 5. The maximum atomic E-state index is 14.9. The molecule has 1 saturated carbocycles. The normalized spacial score (nSPS) is 19.7. The predicted octanol–water partition coefficient (Wildman–Crippen LogP) is 1.84. The van der Waals surface area contributed by atoms with Crippen LogP contribution in [0.25, 0.3) is 11.0 Å². The van der Waals surface area contributed by atoms with Crippen molar-refractivity contribution in [1.82, 2.24) is 9.55 Å². The van der Waals surface area contributed by atoms with Crippen LogP contribution in [0.15, 0.2) is 11.0 Å². The van der Waals surface area contributed by atoms with E-state index in [1.165, 1.54) is 13.1 Å². The number of rotatable bonds is 3. The molecule has 7 nitrogen and oxygen atoms in total. The summed E-state index contributed by atoms with van der Waals surface area (Å²) in [6.07, 6.45) is 3.87. The van der Waals surface area contributed by atoms with Crippen LogP contribution in [0.2, 0.25) is 0 Å². The van der Waals surface area contributed by atoms with E-state index < -0.39 is 17.2 Å². The van der Waals surface area contributed by atoms with Crippen molar-refractivity contribution in [2.75, 3.05) is 18.0 Å². The van der Waals surface area contributed by atoms with Gasteiger partial charge in [0.25, 0.3) is 0 Å². The van der Waals surface area contributed by atoms with Crippen molar-refractivity contribution in [3.63, 3.8) is 0 Å². The Kier molecular flexibility index (Phi) is 4.66. The third kappa shape index (κ3) is 2.83. The summed E-state index contributed by atoms with van der Waals surface area (Å²) in [6.45, 7) is 2.62. The van der Waals surface area contributed by atoms with E-state index >= 15 is 0 Å². The molecule has 1 saturated heterocycles. The molecule has 2 aliphatic rings. The van der Waals surface area contributed by atoms with Gasteiger partial charge >= 0.3 is 5.97 Å². The maximum absolute atomic E-state index is 14.9. The highest BCUT2D eigenvalue weighted by molar-refractivity contribution is 5.93. The van der Waals surface area contributed by atoms with Crippen LogP contribution in [0.1, 0.15) is 41.2 Å². The summed E-state index contributed by atoms with van der Waals surface area (Å²) in [5.74, 6) is -1.70. The van der Waals surface area contributed by atoms with Gasteiger partial charge in [-0.1, -0.05) is 0 Å². The van der Waals surface area contributed by atoms with E-state index in [1.54, 1.807) is 9.47 Å². The van der Waals surface area contributed by atoms with Gasteiger partial charge in [0.2, 0.25) is 5.43 Å². The summed E-state index contributed by atoms with van der Waals surface area (Å²) in [5.41, 5.74) is 5.38. The van der Waals surface area contributed by atoms with Crippen molar-refractivity contribution >= 4 is 35.2 Å². The van der Waals surface area contributed by atoms with E-state index in [9.17, 15) is 19.1 Å². The van der Waals surface area contributed by atoms with Crippen molar-refractivity contribution in [2.24, 2.45) is 5.73 Å². The van der Waals surface area contributed by atoms with Crippen LogP contribution in [-0.4, -0.2) is 39.8 Å². The number of carbonyl (C=O) groups is 1. The second kappa shape index (κ2) is 6.51. The first kappa shape index (κ1) is 18.6. The van der Waals surface area contributed by atoms with E-state index in [4.69, 9.17) is 5.73 Å². The van der Waals surface area contributed by atoms with E-state index in [0.717, 1.165) is 19.3 Å². The predicted molar refractivity (Wildman–Crippen MR) is 98.0 cm³/mol. The fourth-order valence-corrected chi connectivity index (χ4v) is 3.48. The zero-order valence-corrected chi connectivity index (χ0v) is 15.1. The summed E-state index contributed by atoms with van der Waals surface area (Å²) < 4.78 is 16.6. The molecule has 3 N–H and O–H groups in total. The molecule has 0 spiro atoms. The Morgan fingerprint density at radius 3 is 2.62 bits per heavy atom. The fraction of sp³-hybridized carbons (Fsp3) is 0.471. The minimum Gasteiger partial charge on any atom is -0.477 e. The van der Waals surface area contributed by atoms with Crippen molar-refractivity contribution in [3.05, 3.63) is 33.4 Å². The number of anilines is 1. The summed E-state index contributed by atoms with van der Waals surface area (Å²) in [6, 6.07) is 0.0736. The van der Waals surface area contributed by atoms with Gasteiger partial charge in [0.1, 0.15) is 11.2 Å². The molecule has 0 radical (unpaired) electrons. The highest BCUT2D eigenvalue weighted by Gasteiger charge is 2.31. The van der Waals surface area contributed by atoms with Crippen molar-refractivity contribution in [2.45, 2.75) is 38.3 Å². The topological polar surface area (TPSA) is 101 Å². The first-order valence-corrected chi connectivity index (χ1v) is 8.37. The largest absolute Gasteiger partial charge is 0.477 e. The molecule has 0 amide bonds. The second-order valence-corrected chi connectivity index (χ2v) is 6.88. The van der Waals surface area contributed by atoms with Gasteiger partial charge in [-0.25, -0.2) is 14.2 Å². The molecule has 1 atom stereocenters. The number of nitrogens with zero attached hydrogens (tertiary/aromatic N) is 3. The molecule has 0 aromatic carbocycles. The molecule has 3 heterocycles. The lowest BCUT2D eigenvalue weighted by Gasteiger charge is -2.21. The number of halogens is 2. The number of carboxylic acids is 1. The quantitative estimate of drug-likeness (QED) is 0.839. The van der Waals surface area contributed by atoms with Crippen LogP contribution in [0, 0.1) is 12.7 Å². The molecule has 26 heavy (non-hydrogen) atoms. The Balaban J connectivity index is 0.00000196. The Labute approximate surface area is 155 Å². The number of fused-ring (bicyclic) bond motifs is 1. The van der Waals surface area contributed by atoms with Gasteiger partial charge in [-0.15, -0.1) is 12.4 Å². The van der Waals surface area contributed by atoms with E-state index in [0.29, 0.717) is 18.7 Å². The van der Waals surface area contributed by atoms with Gasteiger partial charge in [-0.05, 0) is 26.2 Å². The molecule has 0 unspecified atom stereocenters. The zero-order valence-electron chi connectivity index (χ0n) is 14.2. The number of aryl methyl sites for hydroxylation is 1. The van der Waals surface area contributed by atoms with Crippen LogP contribution in [0.5, 0.6) is 0 Å². The maximum Gasteiger partial charge on any atom is 0.341 e. The molecule has 2 aromatic rings.